The molecule has 3 aromatic rings. The van der Waals surface area contributed by atoms with Crippen molar-refractivity contribution in [3.8, 4) is 0 Å². The Bertz CT molecular complexity index is 780. The molecule has 0 aliphatic heterocycles. The maximum absolute atomic E-state index is 12.5. The fourth-order valence-corrected chi connectivity index (χ4v) is 2.98. The van der Waals surface area contributed by atoms with Crippen molar-refractivity contribution in [1.82, 2.24) is 10.3 Å². The van der Waals surface area contributed by atoms with E-state index in [9.17, 15) is 4.79 Å². The number of hydrogen-bond donors (Lipinski definition) is 1. The molecule has 4 heteroatoms. The first-order valence-corrected chi connectivity index (χ1v) is 9.10. The van der Waals surface area contributed by atoms with Gasteiger partial charge in [-0.15, -0.1) is 0 Å². The maximum atomic E-state index is 12.5. The van der Waals surface area contributed by atoms with Gasteiger partial charge >= 0.3 is 0 Å². The average molecular weight is 365 g/mol. The molecule has 26 heavy (non-hydrogen) atoms. The smallest absolute Gasteiger partial charge is 0.220 e. The van der Waals surface area contributed by atoms with E-state index in [1.807, 2.05) is 72.8 Å². The summed E-state index contributed by atoms with van der Waals surface area (Å²) in [6.45, 7) is 0. The molecular formula is C22H21ClN2O. The van der Waals surface area contributed by atoms with Crippen molar-refractivity contribution in [1.29, 1.82) is 0 Å². The number of carbonyl (C=O) groups is 1. The van der Waals surface area contributed by atoms with E-state index in [0.717, 1.165) is 29.1 Å². The Morgan fingerprint density at radius 1 is 0.962 bits per heavy atom. The van der Waals surface area contributed by atoms with Crippen LogP contribution in [0, 0.1) is 0 Å². The normalized spacial score (nSPS) is 11.7. The van der Waals surface area contributed by atoms with Crippen LogP contribution < -0.4 is 5.32 Å². The van der Waals surface area contributed by atoms with E-state index in [0.29, 0.717) is 6.42 Å². The Hall–Kier alpha value is -2.65. The topological polar surface area (TPSA) is 42.0 Å². The zero-order valence-electron chi connectivity index (χ0n) is 14.4. The molecule has 0 saturated heterocycles. The number of nitrogens with zero attached hydrogens (tertiary/aromatic N) is 1. The standard InChI is InChI=1S/C22H21ClN2O/c23-19-14-12-17(13-15-19)7-6-11-21(26)25-22(18-8-2-1-3-9-18)20-10-4-5-16-24-20/h1-5,8-10,12-16,22H,6-7,11H2,(H,25,26). The highest BCUT2D eigenvalue weighted by Gasteiger charge is 2.17. The molecule has 3 rings (SSSR count). The molecule has 0 aliphatic rings. The van der Waals surface area contributed by atoms with Gasteiger partial charge in [-0.05, 0) is 48.2 Å². The van der Waals surface area contributed by atoms with Crippen LogP contribution in [0.1, 0.15) is 35.7 Å². The predicted octanol–water partition coefficient (Wildman–Crippen LogP) is 4.96. The first kappa shape index (κ1) is 18.2. The summed E-state index contributed by atoms with van der Waals surface area (Å²) in [5.74, 6) is 0.0264. The summed E-state index contributed by atoms with van der Waals surface area (Å²) in [6, 6.07) is 23.2. The van der Waals surface area contributed by atoms with Crippen LogP contribution in [0.4, 0.5) is 0 Å². The Balaban J connectivity index is 1.61. The van der Waals surface area contributed by atoms with Crippen molar-refractivity contribution in [2.24, 2.45) is 0 Å². The molecule has 3 nitrogen and oxygen atoms in total. The van der Waals surface area contributed by atoms with Crippen molar-refractivity contribution in [2.75, 3.05) is 0 Å². The maximum Gasteiger partial charge on any atom is 0.220 e. The van der Waals surface area contributed by atoms with E-state index in [2.05, 4.69) is 10.3 Å². The zero-order valence-corrected chi connectivity index (χ0v) is 15.2. The number of benzene rings is 2. The van der Waals surface area contributed by atoms with Crippen molar-refractivity contribution in [2.45, 2.75) is 25.3 Å². The molecule has 1 aromatic heterocycles. The number of rotatable bonds is 7. The first-order chi connectivity index (χ1) is 12.7. The molecule has 0 fully saturated rings. The van der Waals surface area contributed by atoms with Crippen molar-refractivity contribution < 1.29 is 4.79 Å². The Morgan fingerprint density at radius 3 is 2.38 bits per heavy atom. The van der Waals surface area contributed by atoms with Gasteiger partial charge < -0.3 is 5.32 Å². The van der Waals surface area contributed by atoms with Gasteiger partial charge in [-0.1, -0.05) is 60.1 Å². The second kappa shape index (κ2) is 9.16. The Labute approximate surface area is 159 Å². The molecule has 0 saturated carbocycles. The van der Waals surface area contributed by atoms with E-state index in [-0.39, 0.29) is 11.9 Å². The Morgan fingerprint density at radius 2 is 1.69 bits per heavy atom. The summed E-state index contributed by atoms with van der Waals surface area (Å²) >= 11 is 5.90. The van der Waals surface area contributed by atoms with Gasteiger partial charge in [-0.2, -0.15) is 0 Å². The van der Waals surface area contributed by atoms with Crippen LogP contribution in [-0.4, -0.2) is 10.9 Å². The van der Waals surface area contributed by atoms with Crippen molar-refractivity contribution in [3.63, 3.8) is 0 Å². The summed E-state index contributed by atoms with van der Waals surface area (Å²) in [7, 11) is 0. The lowest BCUT2D eigenvalue weighted by Gasteiger charge is -2.19. The van der Waals surface area contributed by atoms with Gasteiger partial charge in [-0.25, -0.2) is 0 Å². The summed E-state index contributed by atoms with van der Waals surface area (Å²) in [5.41, 5.74) is 3.05. The number of pyridine rings is 1. The second-order valence-corrected chi connectivity index (χ2v) is 6.58. The number of aromatic nitrogens is 1. The lowest BCUT2D eigenvalue weighted by molar-refractivity contribution is -0.121. The molecule has 1 unspecified atom stereocenters. The minimum absolute atomic E-state index is 0.0264. The van der Waals surface area contributed by atoms with Crippen LogP contribution >= 0.6 is 11.6 Å². The van der Waals surface area contributed by atoms with E-state index in [4.69, 9.17) is 11.6 Å². The summed E-state index contributed by atoms with van der Waals surface area (Å²) in [5, 5.41) is 3.85. The van der Waals surface area contributed by atoms with Gasteiger partial charge in [0, 0.05) is 17.6 Å². The minimum Gasteiger partial charge on any atom is -0.344 e. The molecular weight excluding hydrogens is 344 g/mol. The number of aryl methyl sites for hydroxylation is 1. The van der Waals surface area contributed by atoms with E-state index < -0.39 is 0 Å². The molecule has 132 valence electrons. The van der Waals surface area contributed by atoms with Crippen molar-refractivity contribution >= 4 is 17.5 Å². The van der Waals surface area contributed by atoms with Gasteiger partial charge in [-0.3, -0.25) is 9.78 Å². The van der Waals surface area contributed by atoms with E-state index in [1.165, 1.54) is 5.56 Å². The van der Waals surface area contributed by atoms with Gasteiger partial charge in [0.15, 0.2) is 0 Å². The molecule has 1 amide bonds. The number of amides is 1. The molecule has 1 atom stereocenters. The molecule has 1 N–H and O–H groups in total. The van der Waals surface area contributed by atoms with Crippen LogP contribution in [0.5, 0.6) is 0 Å². The molecule has 0 radical (unpaired) electrons. The number of halogens is 1. The fourth-order valence-electron chi connectivity index (χ4n) is 2.86. The van der Waals surface area contributed by atoms with Gasteiger partial charge in [0.05, 0.1) is 11.7 Å². The second-order valence-electron chi connectivity index (χ2n) is 6.15. The van der Waals surface area contributed by atoms with Gasteiger partial charge in [0.25, 0.3) is 0 Å². The molecule has 0 bridgehead atoms. The Kier molecular flexibility index (Phi) is 6.39. The highest BCUT2D eigenvalue weighted by atomic mass is 35.5. The third kappa shape index (κ3) is 5.17. The van der Waals surface area contributed by atoms with Crippen molar-refractivity contribution in [3.05, 3.63) is 101 Å². The first-order valence-electron chi connectivity index (χ1n) is 8.72. The van der Waals surface area contributed by atoms with Crippen LogP contribution in [-0.2, 0) is 11.2 Å². The number of hydrogen-bond acceptors (Lipinski definition) is 2. The van der Waals surface area contributed by atoms with E-state index >= 15 is 0 Å². The van der Waals surface area contributed by atoms with Crippen LogP contribution in [0.25, 0.3) is 0 Å². The third-order valence-corrected chi connectivity index (χ3v) is 4.46. The fraction of sp³-hybridized carbons (Fsp3) is 0.182. The van der Waals surface area contributed by atoms with Crippen LogP contribution in [0.15, 0.2) is 79.0 Å². The van der Waals surface area contributed by atoms with Crippen LogP contribution in [0.2, 0.25) is 5.02 Å². The number of carbonyl (C=O) groups excluding carboxylic acids is 1. The lowest BCUT2D eigenvalue weighted by Crippen LogP contribution is -2.29. The quantitative estimate of drug-likeness (QED) is 0.643. The highest BCUT2D eigenvalue weighted by Crippen LogP contribution is 2.20. The predicted molar refractivity (Wildman–Crippen MR) is 105 cm³/mol. The summed E-state index contributed by atoms with van der Waals surface area (Å²) < 4.78 is 0. The molecule has 1 heterocycles. The summed E-state index contributed by atoms with van der Waals surface area (Å²) in [4.78, 5) is 16.9. The highest BCUT2D eigenvalue weighted by molar-refractivity contribution is 6.30. The monoisotopic (exact) mass is 364 g/mol. The minimum atomic E-state index is -0.236. The van der Waals surface area contributed by atoms with Gasteiger partial charge in [0.2, 0.25) is 5.91 Å². The lowest BCUT2D eigenvalue weighted by atomic mass is 10.0. The molecule has 2 aromatic carbocycles. The third-order valence-electron chi connectivity index (χ3n) is 4.20. The molecule has 0 spiro atoms. The summed E-state index contributed by atoms with van der Waals surface area (Å²) in [6.07, 6.45) is 3.86. The zero-order chi connectivity index (χ0) is 18.2. The van der Waals surface area contributed by atoms with Gasteiger partial charge in [0.1, 0.15) is 0 Å². The van der Waals surface area contributed by atoms with E-state index in [1.54, 1.807) is 6.20 Å². The van der Waals surface area contributed by atoms with Crippen LogP contribution in [0.3, 0.4) is 0 Å². The average Bonchev–Trinajstić information content (AvgIpc) is 2.69. The number of nitrogens with one attached hydrogen (secondary N) is 1. The largest absolute Gasteiger partial charge is 0.344 e. The SMILES string of the molecule is O=C(CCCc1ccc(Cl)cc1)NC(c1ccccc1)c1ccccn1. The molecule has 0 aliphatic carbocycles.